The average Bonchev–Trinajstić information content (AvgIpc) is 3.22. The van der Waals surface area contributed by atoms with E-state index in [1.54, 1.807) is 0 Å². The third-order valence-corrected chi connectivity index (χ3v) is 14.5. The highest BCUT2D eigenvalue weighted by Crippen LogP contribution is 2.37. The van der Waals surface area contributed by atoms with Crippen LogP contribution in [0, 0.1) is 11.3 Å². The first-order valence-corrected chi connectivity index (χ1v) is 26.7. The van der Waals surface area contributed by atoms with Crippen molar-refractivity contribution < 1.29 is 0 Å². The van der Waals surface area contributed by atoms with Crippen molar-refractivity contribution in [2.24, 2.45) is 0 Å². The lowest BCUT2D eigenvalue weighted by atomic mass is 10.0. The lowest BCUT2D eigenvalue weighted by Gasteiger charge is -2.26. The Morgan fingerprint density at radius 3 is 1.09 bits per heavy atom. The number of benzene rings is 7. The number of rotatable bonds is 11. The third-order valence-electron chi connectivity index (χ3n) is 10.4. The maximum Gasteiger partial charge on any atom is 0.0991 e. The van der Waals surface area contributed by atoms with Crippen LogP contribution in [0.4, 0.5) is 17.1 Å². The van der Waals surface area contributed by atoms with Gasteiger partial charge >= 0.3 is 0 Å². The normalized spacial score (nSPS) is 12.2. The predicted molar refractivity (Wildman–Crippen MR) is 255 cm³/mol. The van der Waals surface area contributed by atoms with E-state index >= 15 is 0 Å². The number of nitriles is 1. The Morgan fingerprint density at radius 1 is 0.368 bits per heavy atom. The summed E-state index contributed by atoms with van der Waals surface area (Å²) in [5, 5.41) is 14.4. The zero-order valence-electron chi connectivity index (χ0n) is 33.9. The van der Waals surface area contributed by atoms with Crippen LogP contribution < -0.4 is 15.3 Å². The molecule has 0 radical (unpaired) electrons. The van der Waals surface area contributed by atoms with Gasteiger partial charge in [0.2, 0.25) is 0 Å². The first-order valence-electron chi connectivity index (χ1n) is 19.7. The van der Waals surface area contributed by atoms with Gasteiger partial charge in [0.15, 0.2) is 0 Å². The molecule has 0 atom stereocenters. The summed E-state index contributed by atoms with van der Waals surface area (Å²) in [5.41, 5.74) is 10.9. The van der Waals surface area contributed by atoms with Crippen molar-refractivity contribution in [2.75, 3.05) is 4.90 Å². The Labute approximate surface area is 341 Å². The van der Waals surface area contributed by atoms with Crippen molar-refractivity contribution in [3.63, 3.8) is 0 Å². The number of nitrogens with zero attached hydrogens (tertiary/aromatic N) is 2. The van der Waals surface area contributed by atoms with Gasteiger partial charge in [0, 0.05) is 17.1 Å². The van der Waals surface area contributed by atoms with Gasteiger partial charge in [0.1, 0.15) is 0 Å². The molecule has 0 fully saturated rings. The van der Waals surface area contributed by atoms with Crippen molar-refractivity contribution in [1.29, 1.82) is 5.26 Å². The highest BCUT2D eigenvalue weighted by molar-refractivity contribution is 6.89. The van der Waals surface area contributed by atoms with Crippen molar-refractivity contribution >= 4 is 90.8 Å². The van der Waals surface area contributed by atoms with Crippen LogP contribution in [0.1, 0.15) is 38.9 Å². The number of fused-ring (bicyclic) bond motifs is 1. The second kappa shape index (κ2) is 16.9. The van der Waals surface area contributed by atoms with Crippen molar-refractivity contribution in [3.05, 3.63) is 197 Å². The fourth-order valence-corrected chi connectivity index (χ4v) is 9.18. The maximum atomic E-state index is 9.13. The molecule has 0 spiro atoms. The van der Waals surface area contributed by atoms with Crippen LogP contribution in [0.25, 0.3) is 47.2 Å². The fourth-order valence-electron chi connectivity index (χ4n) is 6.85. The van der Waals surface area contributed by atoms with Crippen LogP contribution in [-0.4, -0.2) is 16.1 Å². The molecule has 0 amide bonds. The second-order valence-corrected chi connectivity index (χ2v) is 26.9. The molecule has 0 unspecified atom stereocenters. The van der Waals surface area contributed by atoms with E-state index in [9.17, 15) is 0 Å². The minimum absolute atomic E-state index is 0.668. The molecule has 0 aromatic heterocycles. The Balaban J connectivity index is 1.16. The molecule has 2 nitrogen and oxygen atoms in total. The van der Waals surface area contributed by atoms with E-state index in [1.165, 1.54) is 32.3 Å². The molecule has 57 heavy (non-hydrogen) atoms. The maximum absolute atomic E-state index is 9.13. The van der Waals surface area contributed by atoms with E-state index in [4.69, 9.17) is 5.26 Å². The Kier molecular flexibility index (Phi) is 11.5. The highest BCUT2D eigenvalue weighted by atomic mass is 28.3. The standard InChI is InChI=1S/C53H50N2Si2/c1-56(2,3)52-33-22-43(23-34-52)9-7-41-18-28-49(29-19-41)55(50-30-20-42(21-31-50)8-10-44-24-35-53(36-25-44)57(4,5)6)51-32-27-47-37-45(17-26-48(47)38-51)14-11-40-12-15-46(39-54)16-13-40/h7-38H,1-6H3/b9-7+,10-8+,14-11+. The summed E-state index contributed by atoms with van der Waals surface area (Å²) in [6, 6.07) is 58.9. The smallest absolute Gasteiger partial charge is 0.0991 e. The van der Waals surface area contributed by atoms with Crippen LogP contribution in [-0.2, 0) is 0 Å². The second-order valence-electron chi connectivity index (χ2n) is 16.8. The quantitative estimate of drug-likeness (QED) is 0.0967. The first kappa shape index (κ1) is 39.0. The fraction of sp³-hybridized carbons (Fsp3) is 0.113. The highest BCUT2D eigenvalue weighted by Gasteiger charge is 2.17. The molecule has 4 heteroatoms. The summed E-state index contributed by atoms with van der Waals surface area (Å²) in [7, 11) is -2.64. The molecule has 0 saturated heterocycles. The summed E-state index contributed by atoms with van der Waals surface area (Å²) >= 11 is 0. The summed E-state index contributed by atoms with van der Waals surface area (Å²) in [6.45, 7) is 14.3. The van der Waals surface area contributed by atoms with E-state index < -0.39 is 16.1 Å². The topological polar surface area (TPSA) is 27.0 Å². The zero-order chi connectivity index (χ0) is 40.0. The van der Waals surface area contributed by atoms with Crippen molar-refractivity contribution in [2.45, 2.75) is 39.3 Å². The summed E-state index contributed by atoms with van der Waals surface area (Å²) < 4.78 is 0. The van der Waals surface area contributed by atoms with E-state index in [-0.39, 0.29) is 0 Å². The zero-order valence-corrected chi connectivity index (χ0v) is 35.9. The first-order chi connectivity index (χ1) is 27.4. The van der Waals surface area contributed by atoms with Gasteiger partial charge in [0.05, 0.1) is 27.8 Å². The summed E-state index contributed by atoms with van der Waals surface area (Å²) in [5.74, 6) is 0. The monoisotopic (exact) mass is 770 g/mol. The van der Waals surface area contributed by atoms with Crippen LogP contribution in [0.15, 0.2) is 158 Å². The molecule has 0 aliphatic carbocycles. The minimum atomic E-state index is -1.32. The van der Waals surface area contributed by atoms with Gasteiger partial charge in [-0.05, 0) is 98.8 Å². The van der Waals surface area contributed by atoms with Gasteiger partial charge in [-0.1, -0.05) is 189 Å². The minimum Gasteiger partial charge on any atom is -0.310 e. The molecule has 7 aromatic carbocycles. The molecule has 0 bridgehead atoms. The van der Waals surface area contributed by atoms with Gasteiger partial charge in [-0.3, -0.25) is 0 Å². The van der Waals surface area contributed by atoms with Crippen molar-refractivity contribution in [1.82, 2.24) is 0 Å². The van der Waals surface area contributed by atoms with Gasteiger partial charge < -0.3 is 4.90 Å². The molecule has 7 rings (SSSR count). The lowest BCUT2D eigenvalue weighted by molar-refractivity contribution is 1.29. The molecule has 0 heterocycles. The molecule has 0 saturated carbocycles. The van der Waals surface area contributed by atoms with E-state index in [0.717, 1.165) is 39.3 Å². The largest absolute Gasteiger partial charge is 0.310 e. The number of hydrogen-bond donors (Lipinski definition) is 0. The van der Waals surface area contributed by atoms with Gasteiger partial charge in [-0.2, -0.15) is 5.26 Å². The molecule has 0 N–H and O–H groups in total. The van der Waals surface area contributed by atoms with Crippen LogP contribution >= 0.6 is 0 Å². The predicted octanol–water partition coefficient (Wildman–Crippen LogP) is 13.8. The Bertz CT molecular complexity index is 2480. The van der Waals surface area contributed by atoms with Gasteiger partial charge in [0.25, 0.3) is 0 Å². The van der Waals surface area contributed by atoms with Gasteiger partial charge in [-0.25, -0.2) is 0 Å². The van der Waals surface area contributed by atoms with Gasteiger partial charge in [-0.15, -0.1) is 0 Å². The van der Waals surface area contributed by atoms with E-state index in [0.29, 0.717) is 5.56 Å². The molecule has 0 aliphatic rings. The molecule has 0 aliphatic heterocycles. The lowest BCUT2D eigenvalue weighted by Crippen LogP contribution is -2.37. The van der Waals surface area contributed by atoms with E-state index in [2.05, 4.69) is 220 Å². The van der Waals surface area contributed by atoms with Crippen LogP contribution in [0.3, 0.4) is 0 Å². The number of anilines is 3. The summed E-state index contributed by atoms with van der Waals surface area (Å²) in [6.07, 6.45) is 13.0. The van der Waals surface area contributed by atoms with E-state index in [1.807, 2.05) is 24.3 Å². The van der Waals surface area contributed by atoms with Crippen molar-refractivity contribution in [3.8, 4) is 6.07 Å². The Morgan fingerprint density at radius 2 is 0.684 bits per heavy atom. The number of hydrogen-bond acceptors (Lipinski definition) is 2. The third kappa shape index (κ3) is 9.95. The van der Waals surface area contributed by atoms with Crippen LogP contribution in [0.2, 0.25) is 39.3 Å². The summed E-state index contributed by atoms with van der Waals surface area (Å²) in [4.78, 5) is 2.34. The molecular weight excluding hydrogens is 721 g/mol. The average molecular weight is 771 g/mol. The SMILES string of the molecule is C[Si](C)(C)c1ccc(/C=C/c2ccc(N(c3ccc(/C=C/c4ccc([Si](C)(C)C)cc4)cc3)c3ccc4cc(/C=C/c5ccc(C#N)cc5)ccc4c3)cc2)cc1. The van der Waals surface area contributed by atoms with Crippen LogP contribution in [0.5, 0.6) is 0 Å². The molecule has 7 aromatic rings. The Hall–Kier alpha value is -6.26. The molecule has 280 valence electrons. The molecular formula is C53H50N2Si2.